The zero-order valence-electron chi connectivity index (χ0n) is 21.5. The lowest BCUT2D eigenvalue weighted by atomic mass is 9.42. The van der Waals surface area contributed by atoms with E-state index in [9.17, 15) is 5.11 Å². The van der Waals surface area contributed by atoms with Crippen LogP contribution >= 0.6 is 0 Å². The third-order valence-corrected chi connectivity index (χ3v) is 11.8. The van der Waals surface area contributed by atoms with Gasteiger partial charge >= 0.3 is 0 Å². The van der Waals surface area contributed by atoms with E-state index in [2.05, 4.69) is 53.7 Å². The highest BCUT2D eigenvalue weighted by Gasteiger charge is 2.74. The first-order valence-corrected chi connectivity index (χ1v) is 13.9. The second-order valence-electron chi connectivity index (χ2n) is 13.4. The minimum absolute atomic E-state index is 0.0792. The van der Waals surface area contributed by atoms with Crippen molar-refractivity contribution in [1.82, 2.24) is 0 Å². The molecule has 2 aliphatic heterocycles. The van der Waals surface area contributed by atoms with Gasteiger partial charge in [0.05, 0.1) is 6.10 Å². The van der Waals surface area contributed by atoms with E-state index in [4.69, 9.17) is 9.78 Å². The Morgan fingerprint density at radius 3 is 2.38 bits per heavy atom. The van der Waals surface area contributed by atoms with Gasteiger partial charge in [0.2, 0.25) is 0 Å². The second-order valence-corrected chi connectivity index (χ2v) is 13.4. The number of aliphatic hydroxyl groups is 1. The van der Waals surface area contributed by atoms with Crippen molar-refractivity contribution >= 4 is 0 Å². The number of aliphatic hydroxyl groups excluding tert-OH is 1. The number of hydrogen-bond donors (Lipinski definition) is 1. The summed E-state index contributed by atoms with van der Waals surface area (Å²) >= 11 is 0. The molecule has 3 saturated carbocycles. The van der Waals surface area contributed by atoms with E-state index in [0.29, 0.717) is 23.7 Å². The first-order chi connectivity index (χ1) is 15.1. The molecule has 0 aromatic heterocycles. The van der Waals surface area contributed by atoms with Crippen LogP contribution in [0, 0.1) is 46.3 Å². The van der Waals surface area contributed by atoms with Gasteiger partial charge in [0.25, 0.3) is 0 Å². The quantitative estimate of drug-likeness (QED) is 0.351. The van der Waals surface area contributed by atoms with Gasteiger partial charge in [0.15, 0.2) is 0 Å². The van der Waals surface area contributed by atoms with E-state index in [1.54, 1.807) is 0 Å². The molecule has 4 fully saturated rings. The van der Waals surface area contributed by atoms with Crippen LogP contribution in [0.4, 0.5) is 0 Å². The predicted octanol–water partition coefficient (Wildman–Crippen LogP) is 7.09. The van der Waals surface area contributed by atoms with Crippen LogP contribution in [0.2, 0.25) is 0 Å². The summed E-state index contributed by atoms with van der Waals surface area (Å²) in [7, 11) is 0. The highest BCUT2D eigenvalue weighted by atomic mass is 17.2. The van der Waals surface area contributed by atoms with Crippen molar-refractivity contribution in [3.8, 4) is 0 Å². The Kier molecular flexibility index (Phi) is 5.71. The van der Waals surface area contributed by atoms with Crippen molar-refractivity contribution < 1.29 is 14.9 Å². The van der Waals surface area contributed by atoms with Crippen LogP contribution in [0.5, 0.6) is 0 Å². The summed E-state index contributed by atoms with van der Waals surface area (Å²) in [5.41, 5.74) is -0.271. The first-order valence-electron chi connectivity index (χ1n) is 13.9. The SMILES string of the molecule is CC[C@@H](CC[C@@H](C)[C@H]1CC[C@@H]2[C@]1(C)CC[C@H]1[C@]23C=C[C@]2(C[C@@H](O)CC[C@]12C)OO3)C(C)C. The van der Waals surface area contributed by atoms with Crippen LogP contribution in [0.1, 0.15) is 106 Å². The van der Waals surface area contributed by atoms with Gasteiger partial charge in [-0.05, 0) is 80.1 Å². The molecule has 1 N–H and O–H groups in total. The third-order valence-electron chi connectivity index (χ3n) is 11.8. The second kappa shape index (κ2) is 7.82. The Labute approximate surface area is 196 Å². The van der Waals surface area contributed by atoms with E-state index in [1.165, 1.54) is 44.9 Å². The number of fused-ring (bicyclic) bond motifs is 2. The summed E-state index contributed by atoms with van der Waals surface area (Å²) in [6, 6.07) is 0. The van der Waals surface area contributed by atoms with Gasteiger partial charge in [-0.3, -0.25) is 0 Å². The molecule has 0 amide bonds. The molecule has 0 radical (unpaired) electrons. The topological polar surface area (TPSA) is 38.7 Å². The van der Waals surface area contributed by atoms with Gasteiger partial charge in [0.1, 0.15) is 11.2 Å². The van der Waals surface area contributed by atoms with Crippen LogP contribution in [0.3, 0.4) is 0 Å². The zero-order chi connectivity index (χ0) is 22.9. The largest absolute Gasteiger partial charge is 0.393 e. The summed E-state index contributed by atoms with van der Waals surface area (Å²) in [6.45, 7) is 14.7. The molecule has 32 heavy (non-hydrogen) atoms. The molecule has 6 rings (SSSR count). The molecule has 2 bridgehead atoms. The van der Waals surface area contributed by atoms with E-state index >= 15 is 0 Å². The van der Waals surface area contributed by atoms with Gasteiger partial charge < -0.3 is 5.11 Å². The van der Waals surface area contributed by atoms with Gasteiger partial charge in [0, 0.05) is 23.7 Å². The van der Waals surface area contributed by atoms with E-state index in [0.717, 1.165) is 36.5 Å². The fourth-order valence-electron chi connectivity index (χ4n) is 9.76. The molecule has 10 atom stereocenters. The van der Waals surface area contributed by atoms with E-state index in [-0.39, 0.29) is 17.1 Å². The molecular formula is C29H48O3. The van der Waals surface area contributed by atoms with Crippen molar-refractivity contribution in [2.24, 2.45) is 46.3 Å². The average Bonchev–Trinajstić information content (AvgIpc) is 3.12. The van der Waals surface area contributed by atoms with Crippen LogP contribution in [-0.4, -0.2) is 22.4 Å². The van der Waals surface area contributed by atoms with Crippen LogP contribution in [0.25, 0.3) is 0 Å². The predicted molar refractivity (Wildman–Crippen MR) is 129 cm³/mol. The Bertz CT molecular complexity index is 747. The Morgan fingerprint density at radius 2 is 1.72 bits per heavy atom. The summed E-state index contributed by atoms with van der Waals surface area (Å²) in [6.07, 6.45) is 16.3. The van der Waals surface area contributed by atoms with Gasteiger partial charge in [-0.1, -0.05) is 60.5 Å². The lowest BCUT2D eigenvalue weighted by Crippen LogP contribution is -2.73. The average molecular weight is 445 g/mol. The molecule has 6 aliphatic rings. The summed E-state index contributed by atoms with van der Waals surface area (Å²) < 4.78 is 0. The molecule has 182 valence electrons. The molecule has 3 nitrogen and oxygen atoms in total. The van der Waals surface area contributed by atoms with E-state index in [1.807, 2.05) is 0 Å². The van der Waals surface area contributed by atoms with Crippen molar-refractivity contribution in [3.05, 3.63) is 12.2 Å². The zero-order valence-corrected chi connectivity index (χ0v) is 21.5. The summed E-state index contributed by atoms with van der Waals surface area (Å²) in [5, 5.41) is 10.4. The normalized spacial score (nSPS) is 51.2. The monoisotopic (exact) mass is 444 g/mol. The fourth-order valence-corrected chi connectivity index (χ4v) is 9.76. The number of rotatable bonds is 6. The Balaban J connectivity index is 1.39. The van der Waals surface area contributed by atoms with Gasteiger partial charge in [-0.15, -0.1) is 0 Å². The fraction of sp³-hybridized carbons (Fsp3) is 0.931. The summed E-state index contributed by atoms with van der Waals surface area (Å²) in [5.74, 6) is 4.29. The standard InChI is InChI=1S/C29H48O3/c1-7-21(19(2)3)9-8-20(4)23-10-11-24-26(23,5)14-13-25-27(6)15-12-22(30)18-28(27)16-17-29(24,25)32-31-28/h16-17,19-25,30H,7-15,18H2,1-6H3/t20-,21+,22+,23-,24-,25-,26-,27-,28-,29+/m1/s1. The van der Waals surface area contributed by atoms with Crippen molar-refractivity contribution in [3.63, 3.8) is 0 Å². The smallest absolute Gasteiger partial charge is 0.130 e. The third kappa shape index (κ3) is 3.02. The highest BCUT2D eigenvalue weighted by molar-refractivity contribution is 5.33. The lowest BCUT2D eigenvalue weighted by Gasteiger charge is -2.69. The molecule has 0 aromatic rings. The number of hydrogen-bond acceptors (Lipinski definition) is 3. The molecule has 3 heteroatoms. The molecule has 0 unspecified atom stereocenters. The molecule has 0 aromatic carbocycles. The van der Waals surface area contributed by atoms with E-state index < -0.39 is 5.60 Å². The minimum Gasteiger partial charge on any atom is -0.393 e. The Hall–Kier alpha value is -0.380. The maximum absolute atomic E-state index is 10.4. The van der Waals surface area contributed by atoms with Gasteiger partial charge in [-0.2, -0.15) is 0 Å². The maximum Gasteiger partial charge on any atom is 0.130 e. The van der Waals surface area contributed by atoms with Crippen molar-refractivity contribution in [1.29, 1.82) is 0 Å². The van der Waals surface area contributed by atoms with Crippen LogP contribution < -0.4 is 0 Å². The van der Waals surface area contributed by atoms with Gasteiger partial charge in [-0.25, -0.2) is 9.78 Å². The highest BCUT2D eigenvalue weighted by Crippen LogP contribution is 2.72. The molecular weight excluding hydrogens is 396 g/mol. The van der Waals surface area contributed by atoms with Crippen molar-refractivity contribution in [2.45, 2.75) is 123 Å². The molecule has 4 aliphatic carbocycles. The Morgan fingerprint density at radius 1 is 0.938 bits per heavy atom. The summed E-state index contributed by atoms with van der Waals surface area (Å²) in [4.78, 5) is 12.8. The molecule has 1 saturated heterocycles. The molecule has 2 spiro atoms. The first kappa shape index (κ1) is 23.4. The van der Waals surface area contributed by atoms with Crippen LogP contribution in [0.15, 0.2) is 12.2 Å². The van der Waals surface area contributed by atoms with Crippen LogP contribution in [-0.2, 0) is 9.78 Å². The minimum atomic E-state index is -0.428. The maximum atomic E-state index is 10.4. The lowest BCUT2D eigenvalue weighted by molar-refractivity contribution is -0.497. The van der Waals surface area contributed by atoms with Crippen molar-refractivity contribution in [2.75, 3.05) is 0 Å². The molecule has 2 heterocycles.